The largest absolute Gasteiger partial charge is 0.459 e. The summed E-state index contributed by atoms with van der Waals surface area (Å²) in [5, 5.41) is 13.2. The van der Waals surface area contributed by atoms with E-state index in [0.29, 0.717) is 49.4 Å². The van der Waals surface area contributed by atoms with Crippen LogP contribution in [-0.4, -0.2) is 29.0 Å². The van der Waals surface area contributed by atoms with Crippen molar-refractivity contribution in [3.8, 4) is 17.7 Å². The van der Waals surface area contributed by atoms with Crippen molar-refractivity contribution in [2.75, 3.05) is 23.3 Å². The second kappa shape index (κ2) is 8.19. The second-order valence-corrected chi connectivity index (χ2v) is 9.33. The van der Waals surface area contributed by atoms with Gasteiger partial charge in [0.2, 0.25) is 17.5 Å². The number of hydrogen-bond donors (Lipinski definition) is 1. The number of fused-ring (bicyclic) bond motifs is 1. The van der Waals surface area contributed by atoms with E-state index >= 15 is 0 Å². The van der Waals surface area contributed by atoms with Crippen molar-refractivity contribution in [1.82, 2.24) is 9.97 Å². The maximum atomic E-state index is 12.8. The highest BCUT2D eigenvalue weighted by Gasteiger charge is 2.30. The van der Waals surface area contributed by atoms with Crippen molar-refractivity contribution < 1.29 is 13.6 Å². The molecule has 9 heteroatoms. The molecular formula is C22H23N5O3S. The summed E-state index contributed by atoms with van der Waals surface area (Å²) < 4.78 is 11.1. The zero-order valence-corrected chi connectivity index (χ0v) is 18.1. The predicted octanol–water partition coefficient (Wildman–Crippen LogP) is 4.24. The molecule has 0 saturated carbocycles. The minimum absolute atomic E-state index is 0.0214. The highest BCUT2D eigenvalue weighted by atomic mass is 32.1. The lowest BCUT2D eigenvalue weighted by molar-refractivity contribution is -0.120. The molecule has 160 valence electrons. The van der Waals surface area contributed by atoms with E-state index in [4.69, 9.17) is 8.83 Å². The molecule has 1 N–H and O–H groups in total. The van der Waals surface area contributed by atoms with Gasteiger partial charge in [0.15, 0.2) is 10.9 Å². The molecule has 5 rings (SSSR count). The Labute approximate surface area is 183 Å². The van der Waals surface area contributed by atoms with E-state index < -0.39 is 0 Å². The maximum absolute atomic E-state index is 12.8. The van der Waals surface area contributed by atoms with E-state index in [0.717, 1.165) is 30.1 Å². The van der Waals surface area contributed by atoms with Crippen molar-refractivity contribution in [3.05, 3.63) is 34.7 Å². The van der Waals surface area contributed by atoms with Crippen LogP contribution in [0.15, 0.2) is 27.2 Å². The summed E-state index contributed by atoms with van der Waals surface area (Å²) in [6.45, 7) is 3.50. The van der Waals surface area contributed by atoms with Gasteiger partial charge in [-0.05, 0) is 50.2 Å². The van der Waals surface area contributed by atoms with Crippen molar-refractivity contribution in [2.45, 2.75) is 39.0 Å². The zero-order valence-electron chi connectivity index (χ0n) is 17.3. The van der Waals surface area contributed by atoms with E-state index in [1.54, 1.807) is 23.5 Å². The Morgan fingerprint density at radius 1 is 1.32 bits per heavy atom. The van der Waals surface area contributed by atoms with Gasteiger partial charge in [-0.2, -0.15) is 10.2 Å². The number of oxazole rings is 1. The van der Waals surface area contributed by atoms with E-state index in [9.17, 15) is 10.1 Å². The molecule has 1 saturated heterocycles. The van der Waals surface area contributed by atoms with E-state index in [1.807, 2.05) is 4.90 Å². The van der Waals surface area contributed by atoms with E-state index in [1.165, 1.54) is 11.1 Å². The van der Waals surface area contributed by atoms with Crippen molar-refractivity contribution in [2.24, 2.45) is 11.8 Å². The fourth-order valence-electron chi connectivity index (χ4n) is 4.25. The standard InChI is InChI=1S/C22H23N5O3S/c1-13-4-5-15-18(11-13)31-22(25-15)26-19(28)14-6-8-27(9-7-14)21-16(12-23)24-20(30-21)17-3-2-10-29-17/h2-3,10,13-14H,4-9,11H2,1H3,(H,25,26,28). The number of anilines is 2. The number of hydrogen-bond acceptors (Lipinski definition) is 8. The Hall–Kier alpha value is -3.12. The van der Waals surface area contributed by atoms with Gasteiger partial charge in [-0.25, -0.2) is 4.98 Å². The van der Waals surface area contributed by atoms with E-state index in [-0.39, 0.29) is 17.5 Å². The molecule has 8 nitrogen and oxygen atoms in total. The Kier molecular flexibility index (Phi) is 5.24. The number of furan rings is 1. The third kappa shape index (κ3) is 3.95. The smallest absolute Gasteiger partial charge is 0.266 e. The number of carbonyl (C=O) groups excluding carboxylic acids is 1. The quantitative estimate of drug-likeness (QED) is 0.650. The summed E-state index contributed by atoms with van der Waals surface area (Å²) in [5.74, 6) is 1.83. The Bertz CT molecular complexity index is 1120. The number of carbonyl (C=O) groups is 1. The number of rotatable bonds is 4. The molecule has 0 aromatic carbocycles. The molecule has 3 aromatic heterocycles. The van der Waals surface area contributed by atoms with Gasteiger partial charge < -0.3 is 19.1 Å². The molecule has 0 bridgehead atoms. The molecular weight excluding hydrogens is 414 g/mol. The molecule has 3 aromatic rings. The Morgan fingerprint density at radius 2 is 2.16 bits per heavy atom. The summed E-state index contributed by atoms with van der Waals surface area (Å²) in [5.41, 5.74) is 1.38. The molecule has 0 spiro atoms. The van der Waals surface area contributed by atoms with Gasteiger partial charge in [-0.3, -0.25) is 4.79 Å². The molecule has 1 aliphatic carbocycles. The van der Waals surface area contributed by atoms with Gasteiger partial charge in [-0.1, -0.05) is 6.92 Å². The van der Waals surface area contributed by atoms with Crippen LogP contribution < -0.4 is 10.2 Å². The van der Waals surface area contributed by atoms with Crippen molar-refractivity contribution in [1.29, 1.82) is 5.26 Å². The second-order valence-electron chi connectivity index (χ2n) is 8.25. The first kappa shape index (κ1) is 19.8. The molecule has 4 heterocycles. The minimum atomic E-state index is -0.0888. The van der Waals surface area contributed by atoms with Crippen molar-refractivity contribution in [3.63, 3.8) is 0 Å². The summed E-state index contributed by atoms with van der Waals surface area (Å²) in [4.78, 5) is 25.0. The molecule has 1 atom stereocenters. The molecule has 1 aliphatic heterocycles. The van der Waals surface area contributed by atoms with Gasteiger partial charge in [0.1, 0.15) is 6.07 Å². The highest BCUT2D eigenvalue weighted by Crippen LogP contribution is 2.34. The minimum Gasteiger partial charge on any atom is -0.459 e. The maximum Gasteiger partial charge on any atom is 0.266 e. The van der Waals surface area contributed by atoms with Crippen LogP contribution in [0.25, 0.3) is 11.7 Å². The number of nitrogens with one attached hydrogen (secondary N) is 1. The number of aromatic nitrogens is 2. The first-order valence-corrected chi connectivity index (χ1v) is 11.4. The first-order chi connectivity index (χ1) is 15.1. The van der Waals surface area contributed by atoms with Gasteiger partial charge in [0.05, 0.1) is 12.0 Å². The Morgan fingerprint density at radius 3 is 2.90 bits per heavy atom. The lowest BCUT2D eigenvalue weighted by Gasteiger charge is -2.30. The van der Waals surface area contributed by atoms with Crippen LogP contribution in [0.2, 0.25) is 0 Å². The lowest BCUT2D eigenvalue weighted by atomic mass is 9.93. The third-order valence-electron chi connectivity index (χ3n) is 6.02. The molecule has 1 unspecified atom stereocenters. The number of nitrogens with zero attached hydrogens (tertiary/aromatic N) is 4. The first-order valence-electron chi connectivity index (χ1n) is 10.6. The number of nitriles is 1. The highest BCUT2D eigenvalue weighted by molar-refractivity contribution is 7.15. The lowest BCUT2D eigenvalue weighted by Crippen LogP contribution is -2.38. The summed E-state index contributed by atoms with van der Waals surface area (Å²) in [7, 11) is 0. The van der Waals surface area contributed by atoms with Crippen LogP contribution in [0.3, 0.4) is 0 Å². The van der Waals surface area contributed by atoms with Crippen LogP contribution in [0.5, 0.6) is 0 Å². The summed E-state index contributed by atoms with van der Waals surface area (Å²) in [6.07, 6.45) is 6.11. The van der Waals surface area contributed by atoms with Crippen molar-refractivity contribution >= 4 is 28.3 Å². The van der Waals surface area contributed by atoms with Gasteiger partial charge in [-0.15, -0.1) is 11.3 Å². The number of aryl methyl sites for hydroxylation is 1. The summed E-state index contributed by atoms with van der Waals surface area (Å²) >= 11 is 1.61. The van der Waals surface area contributed by atoms with Crippen LogP contribution >= 0.6 is 11.3 Å². The average Bonchev–Trinajstić information content (AvgIpc) is 3.52. The average molecular weight is 438 g/mol. The van der Waals surface area contributed by atoms with Crippen LogP contribution in [0, 0.1) is 23.2 Å². The zero-order chi connectivity index (χ0) is 21.4. The Balaban J connectivity index is 1.22. The third-order valence-corrected chi connectivity index (χ3v) is 7.05. The molecule has 1 amide bonds. The monoisotopic (exact) mass is 437 g/mol. The van der Waals surface area contributed by atoms with Crippen LogP contribution in [0.4, 0.5) is 11.0 Å². The fraction of sp³-hybridized carbons (Fsp3) is 0.455. The van der Waals surface area contributed by atoms with Gasteiger partial charge >= 0.3 is 0 Å². The normalized spacial score (nSPS) is 19.1. The number of thiazole rings is 1. The molecule has 0 radical (unpaired) electrons. The molecule has 31 heavy (non-hydrogen) atoms. The molecule has 1 fully saturated rings. The fourth-order valence-corrected chi connectivity index (χ4v) is 5.42. The number of piperidine rings is 1. The SMILES string of the molecule is CC1CCc2nc(NC(=O)C3CCN(c4oc(-c5ccco5)nc4C#N)CC3)sc2C1. The van der Waals surface area contributed by atoms with Crippen LogP contribution in [0.1, 0.15) is 42.5 Å². The van der Waals surface area contributed by atoms with E-state index in [2.05, 4.69) is 28.3 Å². The topological polar surface area (TPSA) is 108 Å². The summed E-state index contributed by atoms with van der Waals surface area (Å²) in [6, 6.07) is 5.58. The molecule has 2 aliphatic rings. The van der Waals surface area contributed by atoms with Crippen LogP contribution in [-0.2, 0) is 17.6 Å². The number of amides is 1. The van der Waals surface area contributed by atoms with Gasteiger partial charge in [0, 0.05) is 23.9 Å². The predicted molar refractivity (Wildman–Crippen MR) is 116 cm³/mol. The van der Waals surface area contributed by atoms with Gasteiger partial charge in [0.25, 0.3) is 5.89 Å².